The highest BCUT2D eigenvalue weighted by molar-refractivity contribution is 5.96. The summed E-state index contributed by atoms with van der Waals surface area (Å²) in [6.45, 7) is 8.92. The molecule has 144 valence electrons. The molecule has 2 amide bonds. The van der Waals surface area contributed by atoms with Gasteiger partial charge in [0.25, 0.3) is 5.91 Å². The van der Waals surface area contributed by atoms with E-state index in [1.807, 2.05) is 25.1 Å². The first kappa shape index (κ1) is 20.4. The minimum Gasteiger partial charge on any atom is -0.478 e. The molecule has 2 N–H and O–H groups in total. The number of aromatic nitrogens is 1. The molecule has 2 aromatic rings. The molecule has 0 aliphatic rings. The summed E-state index contributed by atoms with van der Waals surface area (Å²) in [7, 11) is 0. The standard InChI is InChI=1S/C21H27N3O3/c1-5-27-20-16(7-6-12-22-20)13-23-18(25)14-24-19(26)15-8-10-17(11-9-15)21(2,3)4/h6-12H,5,13-14H2,1-4H3,(H,23,25)(H,24,26). The second-order valence-corrected chi connectivity index (χ2v) is 7.19. The third-order valence-electron chi connectivity index (χ3n) is 4.03. The van der Waals surface area contributed by atoms with Crippen molar-refractivity contribution in [2.24, 2.45) is 0 Å². The lowest BCUT2D eigenvalue weighted by molar-refractivity contribution is -0.120. The Morgan fingerprint density at radius 1 is 1.07 bits per heavy atom. The lowest BCUT2D eigenvalue weighted by atomic mass is 9.87. The molecule has 0 bridgehead atoms. The van der Waals surface area contributed by atoms with Crippen molar-refractivity contribution in [1.82, 2.24) is 15.6 Å². The third-order valence-corrected chi connectivity index (χ3v) is 4.03. The van der Waals surface area contributed by atoms with Gasteiger partial charge in [-0.2, -0.15) is 0 Å². The SMILES string of the molecule is CCOc1ncccc1CNC(=O)CNC(=O)c1ccc(C(C)(C)C)cc1. The van der Waals surface area contributed by atoms with Gasteiger partial charge in [-0.05, 0) is 36.1 Å². The van der Waals surface area contributed by atoms with Crippen LogP contribution in [0.4, 0.5) is 0 Å². The Balaban J connectivity index is 1.84. The maximum Gasteiger partial charge on any atom is 0.251 e. The zero-order chi connectivity index (χ0) is 19.9. The quantitative estimate of drug-likeness (QED) is 0.786. The summed E-state index contributed by atoms with van der Waals surface area (Å²) in [4.78, 5) is 28.4. The molecule has 6 heteroatoms. The Morgan fingerprint density at radius 2 is 1.78 bits per heavy atom. The van der Waals surface area contributed by atoms with E-state index < -0.39 is 0 Å². The minimum atomic E-state index is -0.277. The fourth-order valence-electron chi connectivity index (χ4n) is 2.47. The van der Waals surface area contributed by atoms with Gasteiger partial charge >= 0.3 is 0 Å². The fourth-order valence-corrected chi connectivity index (χ4v) is 2.47. The van der Waals surface area contributed by atoms with Crippen molar-refractivity contribution in [2.45, 2.75) is 39.7 Å². The van der Waals surface area contributed by atoms with Crippen molar-refractivity contribution in [2.75, 3.05) is 13.2 Å². The highest BCUT2D eigenvalue weighted by Crippen LogP contribution is 2.22. The Labute approximate surface area is 160 Å². The van der Waals surface area contributed by atoms with E-state index in [1.54, 1.807) is 24.4 Å². The number of nitrogens with zero attached hydrogens (tertiary/aromatic N) is 1. The van der Waals surface area contributed by atoms with Crippen molar-refractivity contribution < 1.29 is 14.3 Å². The summed E-state index contributed by atoms with van der Waals surface area (Å²) < 4.78 is 5.43. The summed E-state index contributed by atoms with van der Waals surface area (Å²) >= 11 is 0. The van der Waals surface area contributed by atoms with Gasteiger partial charge in [-0.1, -0.05) is 39.0 Å². The van der Waals surface area contributed by atoms with E-state index in [1.165, 1.54) is 0 Å². The number of carbonyl (C=O) groups is 2. The lowest BCUT2D eigenvalue weighted by Gasteiger charge is -2.19. The summed E-state index contributed by atoms with van der Waals surface area (Å²) in [6.07, 6.45) is 1.64. The van der Waals surface area contributed by atoms with Crippen LogP contribution in [0.3, 0.4) is 0 Å². The monoisotopic (exact) mass is 369 g/mol. The van der Waals surface area contributed by atoms with Crippen LogP contribution < -0.4 is 15.4 Å². The topological polar surface area (TPSA) is 80.3 Å². The molecule has 0 spiro atoms. The summed E-state index contributed by atoms with van der Waals surface area (Å²) in [5.41, 5.74) is 2.50. The van der Waals surface area contributed by atoms with Crippen LogP contribution in [0, 0.1) is 0 Å². The third kappa shape index (κ3) is 6.09. The minimum absolute atomic E-state index is 0.0293. The number of carbonyl (C=O) groups excluding carboxylic acids is 2. The van der Waals surface area contributed by atoms with Crippen molar-refractivity contribution in [3.63, 3.8) is 0 Å². The molecule has 1 heterocycles. The second-order valence-electron chi connectivity index (χ2n) is 7.19. The number of hydrogen-bond donors (Lipinski definition) is 2. The molecule has 6 nitrogen and oxygen atoms in total. The molecule has 1 aromatic carbocycles. The van der Waals surface area contributed by atoms with Crippen LogP contribution in [-0.4, -0.2) is 29.9 Å². The first-order valence-corrected chi connectivity index (χ1v) is 9.03. The zero-order valence-corrected chi connectivity index (χ0v) is 16.3. The molecule has 0 aliphatic heterocycles. The smallest absolute Gasteiger partial charge is 0.251 e. The van der Waals surface area contributed by atoms with E-state index in [-0.39, 0.29) is 30.3 Å². The second kappa shape index (κ2) is 9.16. The van der Waals surface area contributed by atoms with E-state index in [4.69, 9.17) is 4.74 Å². The predicted molar refractivity (Wildman–Crippen MR) is 105 cm³/mol. The number of hydrogen-bond acceptors (Lipinski definition) is 4. The predicted octanol–water partition coefficient (Wildman–Crippen LogP) is 2.82. The van der Waals surface area contributed by atoms with E-state index in [0.29, 0.717) is 18.1 Å². The van der Waals surface area contributed by atoms with Crippen LogP contribution in [0.15, 0.2) is 42.6 Å². The van der Waals surface area contributed by atoms with Crippen LogP contribution in [0.2, 0.25) is 0 Å². The molecule has 27 heavy (non-hydrogen) atoms. The zero-order valence-electron chi connectivity index (χ0n) is 16.3. The summed E-state index contributed by atoms with van der Waals surface area (Å²) in [6, 6.07) is 11.1. The average molecular weight is 369 g/mol. The summed E-state index contributed by atoms with van der Waals surface area (Å²) in [5.74, 6) is -0.0498. The number of benzene rings is 1. The molecular formula is C21H27N3O3. The Hall–Kier alpha value is -2.89. The van der Waals surface area contributed by atoms with Gasteiger partial charge in [0, 0.05) is 23.9 Å². The van der Waals surface area contributed by atoms with Crippen molar-refractivity contribution >= 4 is 11.8 Å². The molecule has 0 saturated heterocycles. The molecule has 0 saturated carbocycles. The fraction of sp³-hybridized carbons (Fsp3) is 0.381. The van der Waals surface area contributed by atoms with Crippen LogP contribution in [0.1, 0.15) is 49.2 Å². The van der Waals surface area contributed by atoms with Gasteiger partial charge in [0.2, 0.25) is 11.8 Å². The normalized spacial score (nSPS) is 11.0. The van der Waals surface area contributed by atoms with Crippen LogP contribution in [0.5, 0.6) is 5.88 Å². The van der Waals surface area contributed by atoms with E-state index in [0.717, 1.165) is 11.1 Å². The average Bonchev–Trinajstić information content (AvgIpc) is 2.65. The largest absolute Gasteiger partial charge is 0.478 e. The Bertz CT molecular complexity index is 780. The van der Waals surface area contributed by atoms with E-state index in [9.17, 15) is 9.59 Å². The molecule has 0 atom stereocenters. The van der Waals surface area contributed by atoms with Crippen molar-refractivity contribution in [3.8, 4) is 5.88 Å². The van der Waals surface area contributed by atoms with Gasteiger partial charge in [-0.3, -0.25) is 9.59 Å². The lowest BCUT2D eigenvalue weighted by Crippen LogP contribution is -2.36. The van der Waals surface area contributed by atoms with Crippen molar-refractivity contribution in [1.29, 1.82) is 0 Å². The first-order chi connectivity index (χ1) is 12.8. The first-order valence-electron chi connectivity index (χ1n) is 9.03. The molecule has 1 aromatic heterocycles. The van der Waals surface area contributed by atoms with Crippen LogP contribution >= 0.6 is 0 Å². The molecule has 0 fully saturated rings. The van der Waals surface area contributed by atoms with Gasteiger partial charge in [-0.25, -0.2) is 4.98 Å². The van der Waals surface area contributed by atoms with Crippen LogP contribution in [-0.2, 0) is 16.8 Å². The maximum absolute atomic E-state index is 12.2. The van der Waals surface area contributed by atoms with Crippen LogP contribution in [0.25, 0.3) is 0 Å². The van der Waals surface area contributed by atoms with Gasteiger partial charge in [0.05, 0.1) is 13.2 Å². The van der Waals surface area contributed by atoms with Crippen molar-refractivity contribution in [3.05, 3.63) is 59.3 Å². The molecule has 0 radical (unpaired) electrons. The van der Waals surface area contributed by atoms with Gasteiger partial charge in [-0.15, -0.1) is 0 Å². The summed E-state index contributed by atoms with van der Waals surface area (Å²) in [5, 5.41) is 5.40. The number of pyridine rings is 1. The van der Waals surface area contributed by atoms with E-state index >= 15 is 0 Å². The van der Waals surface area contributed by atoms with Gasteiger partial charge in [0.1, 0.15) is 0 Å². The number of amides is 2. The maximum atomic E-state index is 12.2. The Kier molecular flexibility index (Phi) is 6.93. The number of rotatable bonds is 7. The van der Waals surface area contributed by atoms with Gasteiger partial charge in [0.15, 0.2) is 0 Å². The molecular weight excluding hydrogens is 342 g/mol. The molecule has 0 aliphatic carbocycles. The number of ether oxygens (including phenoxy) is 1. The number of nitrogens with one attached hydrogen (secondary N) is 2. The van der Waals surface area contributed by atoms with Gasteiger partial charge < -0.3 is 15.4 Å². The molecule has 0 unspecified atom stereocenters. The van der Waals surface area contributed by atoms with E-state index in [2.05, 4.69) is 36.4 Å². The molecule has 2 rings (SSSR count). The highest BCUT2D eigenvalue weighted by Gasteiger charge is 2.14. The Morgan fingerprint density at radius 3 is 2.41 bits per heavy atom. The highest BCUT2D eigenvalue weighted by atomic mass is 16.5.